The molecule has 94 valence electrons. The summed E-state index contributed by atoms with van der Waals surface area (Å²) >= 11 is 0. The van der Waals surface area contributed by atoms with Gasteiger partial charge in [-0.15, -0.1) is 0 Å². The maximum atomic E-state index is 11.5. The fraction of sp³-hybridized carbons (Fsp3) is 0. The minimum absolute atomic E-state index is 0. The predicted octanol–water partition coefficient (Wildman–Crippen LogP) is -6.47. The molecule has 0 spiro atoms. The van der Waals surface area contributed by atoms with Crippen LogP contribution < -0.4 is 69.3 Å². The van der Waals surface area contributed by atoms with Gasteiger partial charge < -0.3 is 15.0 Å². The molecular weight excluding hydrogens is 306 g/mol. The third kappa shape index (κ3) is 3.96. The topological polar surface area (TPSA) is 118 Å². The summed E-state index contributed by atoms with van der Waals surface area (Å²) in [5.74, 6) is -2.52. The number of fused-ring (bicyclic) bond motifs is 1. The zero-order chi connectivity index (χ0) is 13.5. The van der Waals surface area contributed by atoms with Crippen molar-refractivity contribution in [3.63, 3.8) is 0 Å². The summed E-state index contributed by atoms with van der Waals surface area (Å²) in [5.41, 5.74) is -0.560. The number of carboxylic acids is 1. The first kappa shape index (κ1) is 19.9. The van der Waals surface area contributed by atoms with E-state index in [9.17, 15) is 23.4 Å². The van der Waals surface area contributed by atoms with Gasteiger partial charge in [-0.2, -0.15) is 8.42 Å². The Morgan fingerprint density at radius 1 is 1.15 bits per heavy atom. The summed E-state index contributed by atoms with van der Waals surface area (Å²) in [6, 6.07) is 5.74. The second-order valence-corrected chi connectivity index (χ2v) is 4.98. The Kier molecular flexibility index (Phi) is 7.19. The van der Waals surface area contributed by atoms with Gasteiger partial charge in [0.25, 0.3) is 10.1 Å². The Labute approximate surface area is 159 Å². The van der Waals surface area contributed by atoms with Crippen LogP contribution in [0.5, 0.6) is 5.75 Å². The van der Waals surface area contributed by atoms with Crippen LogP contribution in [-0.4, -0.2) is 18.9 Å². The normalized spacial score (nSPS) is 10.4. The van der Waals surface area contributed by atoms with Crippen LogP contribution in [0.2, 0.25) is 0 Å². The van der Waals surface area contributed by atoms with Crippen molar-refractivity contribution in [2.24, 2.45) is 0 Å². The number of carbonyl (C=O) groups excluding carboxylic acids is 1. The third-order valence-corrected chi connectivity index (χ3v) is 3.35. The van der Waals surface area contributed by atoms with E-state index in [-0.39, 0.29) is 69.9 Å². The molecule has 6 nitrogen and oxygen atoms in total. The van der Waals surface area contributed by atoms with Crippen molar-refractivity contribution in [2.75, 3.05) is 0 Å². The van der Waals surface area contributed by atoms with Gasteiger partial charge in [-0.3, -0.25) is 4.55 Å². The molecule has 1 N–H and O–H groups in total. The van der Waals surface area contributed by atoms with Gasteiger partial charge in [0, 0.05) is 5.39 Å². The zero-order valence-corrected chi connectivity index (χ0v) is 15.6. The molecule has 0 atom stereocenters. The van der Waals surface area contributed by atoms with E-state index in [1.165, 1.54) is 12.1 Å². The molecule has 0 radical (unpaired) electrons. The second kappa shape index (κ2) is 7.24. The average Bonchev–Trinajstić information content (AvgIpc) is 2.25. The van der Waals surface area contributed by atoms with Gasteiger partial charge in [0.05, 0.1) is 5.97 Å². The largest absolute Gasteiger partial charge is 1.00 e. The van der Waals surface area contributed by atoms with Crippen molar-refractivity contribution < 1.29 is 87.1 Å². The number of hydrogen-bond acceptors (Lipinski definition) is 5. The van der Waals surface area contributed by atoms with E-state index in [2.05, 4.69) is 0 Å². The van der Waals surface area contributed by atoms with E-state index in [4.69, 9.17) is 4.55 Å². The van der Waals surface area contributed by atoms with Gasteiger partial charge in [0.1, 0.15) is 4.90 Å². The van der Waals surface area contributed by atoms with E-state index < -0.39 is 32.3 Å². The molecule has 0 amide bonds. The van der Waals surface area contributed by atoms with Crippen LogP contribution in [0.25, 0.3) is 10.8 Å². The van der Waals surface area contributed by atoms with Crippen LogP contribution in [0.4, 0.5) is 0 Å². The summed E-state index contributed by atoms with van der Waals surface area (Å²) in [6.07, 6.45) is 0. The van der Waals surface area contributed by atoms with Gasteiger partial charge in [-0.05, 0) is 23.1 Å². The van der Waals surface area contributed by atoms with Crippen molar-refractivity contribution in [3.05, 3.63) is 35.9 Å². The standard InChI is InChI=1S/C11H8O6S.2Na/c12-9-5-7-6(4-8(9)11(13)14)2-1-3-10(7)18(15,16)17;;/h1-5,12H,(H,13,14)(H,15,16,17);;/q;2*+1/p-2. The van der Waals surface area contributed by atoms with Gasteiger partial charge >= 0.3 is 59.1 Å². The molecule has 0 fully saturated rings. The number of benzene rings is 2. The molecule has 0 bridgehead atoms. The fourth-order valence-corrected chi connectivity index (χ4v) is 2.37. The Balaban J connectivity index is 0.00000180. The summed E-state index contributed by atoms with van der Waals surface area (Å²) < 4.78 is 31.2. The van der Waals surface area contributed by atoms with Crippen LogP contribution in [0.15, 0.2) is 35.2 Å². The molecule has 2 aromatic carbocycles. The maximum absolute atomic E-state index is 11.5. The molecule has 9 heteroatoms. The maximum Gasteiger partial charge on any atom is 1.00 e. The number of carboxylic acid groups (broad SMARTS) is 1. The van der Waals surface area contributed by atoms with Crippen molar-refractivity contribution in [2.45, 2.75) is 4.90 Å². The minimum Gasteiger partial charge on any atom is -0.872 e. The second-order valence-electron chi connectivity index (χ2n) is 3.59. The van der Waals surface area contributed by atoms with Crippen LogP contribution in [0.1, 0.15) is 10.4 Å². The quantitative estimate of drug-likeness (QED) is 0.435. The van der Waals surface area contributed by atoms with Crippen LogP contribution in [0.3, 0.4) is 0 Å². The average molecular weight is 312 g/mol. The molecule has 0 aliphatic heterocycles. The Morgan fingerprint density at radius 3 is 2.25 bits per heavy atom. The van der Waals surface area contributed by atoms with E-state index >= 15 is 0 Å². The SMILES string of the molecule is O=C([O-])c1cc2cccc(S(=O)(=O)O)c2cc1[O-].[Na+].[Na+]. The smallest absolute Gasteiger partial charge is 0.872 e. The molecular formula is C11H6Na2O6S. The summed E-state index contributed by atoms with van der Waals surface area (Å²) in [5, 5.41) is 22.3. The molecule has 0 aliphatic carbocycles. The zero-order valence-electron chi connectivity index (χ0n) is 10.8. The fourth-order valence-electron chi connectivity index (χ4n) is 1.66. The first-order valence-electron chi connectivity index (χ1n) is 4.73. The molecule has 0 heterocycles. The van der Waals surface area contributed by atoms with Gasteiger partial charge in [-0.25, -0.2) is 0 Å². The molecule has 0 aromatic heterocycles. The van der Waals surface area contributed by atoms with E-state index in [0.29, 0.717) is 0 Å². The minimum atomic E-state index is -4.48. The van der Waals surface area contributed by atoms with Crippen molar-refractivity contribution in [3.8, 4) is 5.75 Å². The monoisotopic (exact) mass is 312 g/mol. The first-order chi connectivity index (χ1) is 8.30. The third-order valence-electron chi connectivity index (χ3n) is 2.44. The van der Waals surface area contributed by atoms with Gasteiger partial charge in [0.15, 0.2) is 0 Å². The number of hydrogen-bond donors (Lipinski definition) is 1. The number of carbonyl (C=O) groups is 1. The van der Waals surface area contributed by atoms with E-state index in [1.54, 1.807) is 0 Å². The van der Waals surface area contributed by atoms with Crippen molar-refractivity contribution >= 4 is 26.9 Å². The van der Waals surface area contributed by atoms with E-state index in [1.807, 2.05) is 0 Å². The molecule has 0 saturated carbocycles. The predicted molar refractivity (Wildman–Crippen MR) is 57.5 cm³/mol. The van der Waals surface area contributed by atoms with Crippen LogP contribution in [0, 0.1) is 0 Å². The molecule has 0 unspecified atom stereocenters. The summed E-state index contributed by atoms with van der Waals surface area (Å²) in [7, 11) is -4.48. The Bertz CT molecular complexity index is 757. The molecule has 20 heavy (non-hydrogen) atoms. The Morgan fingerprint density at radius 2 is 1.75 bits per heavy atom. The van der Waals surface area contributed by atoms with Crippen molar-refractivity contribution in [1.82, 2.24) is 0 Å². The first-order valence-corrected chi connectivity index (χ1v) is 6.17. The van der Waals surface area contributed by atoms with Crippen molar-refractivity contribution in [1.29, 1.82) is 0 Å². The molecule has 0 saturated heterocycles. The molecule has 2 rings (SSSR count). The molecule has 0 aliphatic rings. The van der Waals surface area contributed by atoms with Gasteiger partial charge in [0.2, 0.25) is 0 Å². The molecule has 2 aromatic rings. The summed E-state index contributed by atoms with van der Waals surface area (Å²) in [6.45, 7) is 0. The van der Waals surface area contributed by atoms with Crippen LogP contribution in [-0.2, 0) is 10.1 Å². The van der Waals surface area contributed by atoms with Crippen LogP contribution >= 0.6 is 0 Å². The Hall–Kier alpha value is -0.120. The number of rotatable bonds is 2. The van der Waals surface area contributed by atoms with E-state index in [0.717, 1.165) is 18.2 Å². The summed E-state index contributed by atoms with van der Waals surface area (Å²) in [4.78, 5) is 10.2. The van der Waals surface area contributed by atoms with Gasteiger partial charge in [-0.1, -0.05) is 23.9 Å². The number of aromatic carboxylic acids is 1.